The van der Waals surface area contributed by atoms with Crippen LogP contribution in [0.25, 0.3) is 0 Å². The summed E-state index contributed by atoms with van der Waals surface area (Å²) in [6.07, 6.45) is 2.42. The fourth-order valence-corrected chi connectivity index (χ4v) is 5.51. The normalized spacial score (nSPS) is 17.7. The molecule has 0 fully saturated rings. The molecule has 2 aromatic carbocycles. The maximum atomic E-state index is 2.48. The first-order chi connectivity index (χ1) is 11.3. The maximum absolute atomic E-state index is 2.48. The van der Waals surface area contributed by atoms with Gasteiger partial charge in [0, 0.05) is 0 Å². The number of nitrogens with zero attached hydrogens (tertiary/aromatic N) is 1. The average molecular weight is 335 g/mol. The van der Waals surface area contributed by atoms with Crippen LogP contribution in [0.2, 0.25) is 13.1 Å². The van der Waals surface area contributed by atoms with E-state index in [1.165, 1.54) is 28.2 Å². The average Bonchev–Trinajstić information content (AvgIpc) is 2.75. The Bertz CT molecular complexity index is 763. The molecular weight excluding hydrogens is 306 g/mol. The number of hydrogen-bond acceptors (Lipinski definition) is 1. The van der Waals surface area contributed by atoms with Gasteiger partial charge < -0.3 is 0 Å². The van der Waals surface area contributed by atoms with Crippen LogP contribution in [0.4, 0.5) is 11.4 Å². The van der Waals surface area contributed by atoms with Crippen molar-refractivity contribution in [3.8, 4) is 0 Å². The fraction of sp³-hybridized carbons (Fsp3) is 0.273. The van der Waals surface area contributed by atoms with Crippen molar-refractivity contribution in [2.45, 2.75) is 40.8 Å². The van der Waals surface area contributed by atoms with Crippen LogP contribution in [0, 0.1) is 13.8 Å². The summed E-state index contributed by atoms with van der Waals surface area (Å²) in [7, 11) is -1.78. The zero-order chi connectivity index (χ0) is 17.5. The van der Waals surface area contributed by atoms with Gasteiger partial charge in [-0.25, -0.2) is 0 Å². The topological polar surface area (TPSA) is 3.24 Å². The predicted octanol–water partition coefficient (Wildman–Crippen LogP) is 6.19. The Kier molecular flexibility index (Phi) is 4.27. The molecular formula is C22H28NSi-. The molecule has 0 atom stereocenters. The van der Waals surface area contributed by atoms with Crippen LogP contribution in [0.5, 0.6) is 0 Å². The minimum absolute atomic E-state index is 1.24. The standard InChI is InChI=1S/C22H28NSi/c1-16-7-11-20(12-8-16)23(21-13-9-17(2)10-14-21)22-15-18(3)24(5,6)19(22)4/h7-15,24H,1-6H3/q-1. The van der Waals surface area contributed by atoms with Gasteiger partial charge in [0.15, 0.2) is 0 Å². The molecule has 0 aromatic heterocycles. The van der Waals surface area contributed by atoms with Crippen LogP contribution >= 0.6 is 0 Å². The van der Waals surface area contributed by atoms with E-state index in [9.17, 15) is 0 Å². The summed E-state index contributed by atoms with van der Waals surface area (Å²) in [6.45, 7) is 13.9. The Hall–Kier alpha value is -2.06. The molecule has 1 nitrogen and oxygen atoms in total. The second-order valence-electron chi connectivity index (χ2n) is 7.84. The van der Waals surface area contributed by atoms with Gasteiger partial charge >= 0.3 is 147 Å². The van der Waals surface area contributed by atoms with Gasteiger partial charge in [0.1, 0.15) is 0 Å². The molecule has 1 aliphatic rings. The molecule has 126 valence electrons. The van der Waals surface area contributed by atoms with E-state index >= 15 is 0 Å². The molecule has 0 saturated heterocycles. The number of hydrogen-bond donors (Lipinski definition) is 0. The van der Waals surface area contributed by atoms with Crippen molar-refractivity contribution in [1.29, 1.82) is 0 Å². The van der Waals surface area contributed by atoms with Crippen LogP contribution < -0.4 is 4.90 Å². The van der Waals surface area contributed by atoms with Crippen LogP contribution in [0.3, 0.4) is 0 Å². The van der Waals surface area contributed by atoms with Gasteiger partial charge in [0.2, 0.25) is 0 Å². The van der Waals surface area contributed by atoms with Crippen molar-refractivity contribution < 1.29 is 0 Å². The van der Waals surface area contributed by atoms with Crippen molar-refractivity contribution in [2.75, 3.05) is 4.90 Å². The summed E-state index contributed by atoms with van der Waals surface area (Å²) in [4.78, 5) is 2.42. The van der Waals surface area contributed by atoms with Gasteiger partial charge in [0.05, 0.1) is 0 Å². The Balaban J connectivity index is 2.18. The summed E-state index contributed by atoms with van der Waals surface area (Å²) in [5.74, 6) is 0. The molecule has 2 aromatic rings. The van der Waals surface area contributed by atoms with E-state index in [2.05, 4.69) is 100 Å². The minimum atomic E-state index is -1.78. The molecule has 0 spiro atoms. The first-order valence-corrected chi connectivity index (χ1v) is 12.3. The molecule has 3 rings (SSSR count). The fourth-order valence-electron chi connectivity index (χ4n) is 3.30. The third-order valence-electron chi connectivity index (χ3n) is 5.81. The summed E-state index contributed by atoms with van der Waals surface area (Å²) >= 11 is 0. The van der Waals surface area contributed by atoms with Crippen LogP contribution in [0.1, 0.15) is 25.0 Å². The van der Waals surface area contributed by atoms with E-state index in [1.807, 2.05) is 0 Å². The molecule has 0 bridgehead atoms. The second kappa shape index (κ2) is 6.10. The van der Waals surface area contributed by atoms with Crippen molar-refractivity contribution in [2.24, 2.45) is 0 Å². The van der Waals surface area contributed by atoms with Gasteiger partial charge in [0.25, 0.3) is 0 Å². The van der Waals surface area contributed by atoms with E-state index < -0.39 is 8.07 Å². The quantitative estimate of drug-likeness (QED) is 0.604. The summed E-state index contributed by atoms with van der Waals surface area (Å²) < 4.78 is 0. The molecule has 0 saturated carbocycles. The van der Waals surface area contributed by atoms with E-state index in [0.29, 0.717) is 0 Å². The van der Waals surface area contributed by atoms with E-state index in [0.717, 1.165) is 0 Å². The number of rotatable bonds is 3. The molecule has 0 aliphatic carbocycles. The molecule has 0 radical (unpaired) electrons. The van der Waals surface area contributed by atoms with Gasteiger partial charge in [-0.1, -0.05) is 0 Å². The molecule has 0 N–H and O–H groups in total. The number of allylic oxidation sites excluding steroid dienone is 3. The molecule has 1 heterocycles. The van der Waals surface area contributed by atoms with Gasteiger partial charge in [-0.15, -0.1) is 0 Å². The number of benzene rings is 2. The number of anilines is 2. The first kappa shape index (κ1) is 16.8. The van der Waals surface area contributed by atoms with Crippen LogP contribution in [0.15, 0.2) is 70.7 Å². The molecule has 0 amide bonds. The molecule has 24 heavy (non-hydrogen) atoms. The summed E-state index contributed by atoms with van der Waals surface area (Å²) in [6, 6.07) is 17.7. The molecule has 2 heteroatoms. The Morgan fingerprint density at radius 3 is 1.42 bits per heavy atom. The zero-order valence-corrected chi connectivity index (χ0v) is 16.9. The Labute approximate surface area is 147 Å². The SMILES string of the molecule is CC1=CC(N(c2ccc(C)cc2)c2ccc(C)cc2)=C(C)[SiH-]1(C)C. The summed E-state index contributed by atoms with van der Waals surface area (Å²) in [5, 5.41) is 3.17. The number of aryl methyl sites for hydroxylation is 2. The van der Waals surface area contributed by atoms with Gasteiger partial charge in [-0.05, 0) is 0 Å². The Morgan fingerprint density at radius 2 is 1.08 bits per heavy atom. The summed E-state index contributed by atoms with van der Waals surface area (Å²) in [5.41, 5.74) is 6.43. The van der Waals surface area contributed by atoms with Gasteiger partial charge in [-0.2, -0.15) is 0 Å². The van der Waals surface area contributed by atoms with E-state index in [4.69, 9.17) is 0 Å². The van der Waals surface area contributed by atoms with Crippen molar-refractivity contribution in [3.05, 3.63) is 81.8 Å². The monoisotopic (exact) mass is 334 g/mol. The third-order valence-corrected chi connectivity index (χ3v) is 10.7. The molecule has 0 unspecified atom stereocenters. The first-order valence-electron chi connectivity index (χ1n) is 8.87. The second-order valence-corrected chi connectivity index (χ2v) is 13.4. The van der Waals surface area contributed by atoms with Gasteiger partial charge in [-0.3, -0.25) is 0 Å². The Morgan fingerprint density at radius 1 is 0.667 bits per heavy atom. The van der Waals surface area contributed by atoms with Crippen LogP contribution in [-0.4, -0.2) is 8.07 Å². The van der Waals surface area contributed by atoms with Crippen molar-refractivity contribution in [3.63, 3.8) is 0 Å². The van der Waals surface area contributed by atoms with E-state index in [1.54, 1.807) is 10.4 Å². The predicted molar refractivity (Wildman–Crippen MR) is 110 cm³/mol. The van der Waals surface area contributed by atoms with Crippen molar-refractivity contribution >= 4 is 19.4 Å². The third kappa shape index (κ3) is 2.87. The zero-order valence-electron chi connectivity index (χ0n) is 15.7. The van der Waals surface area contributed by atoms with Crippen molar-refractivity contribution in [1.82, 2.24) is 0 Å². The molecule has 1 aliphatic heterocycles. The van der Waals surface area contributed by atoms with Crippen LogP contribution in [-0.2, 0) is 0 Å². The van der Waals surface area contributed by atoms with E-state index in [-0.39, 0.29) is 0 Å².